The summed E-state index contributed by atoms with van der Waals surface area (Å²) in [7, 11) is 1.38. The number of thioether (sulfide) groups is 2. The molecule has 0 radical (unpaired) electrons. The number of para-hydroxylation sites is 1. The Kier molecular flexibility index (Phi) is 5.30. The van der Waals surface area contributed by atoms with E-state index in [-0.39, 0.29) is 16.8 Å². The van der Waals surface area contributed by atoms with E-state index >= 15 is 0 Å². The van der Waals surface area contributed by atoms with Crippen molar-refractivity contribution in [1.82, 2.24) is 9.55 Å². The third-order valence-electron chi connectivity index (χ3n) is 3.76. The van der Waals surface area contributed by atoms with Crippen LogP contribution in [-0.2, 0) is 16.0 Å². The molecule has 1 atom stereocenters. The Morgan fingerprint density at radius 2 is 2.17 bits per heavy atom. The molecule has 126 valence electrons. The summed E-state index contributed by atoms with van der Waals surface area (Å²) in [6.07, 6.45) is 1.39. The Bertz CT molecular complexity index is 805. The van der Waals surface area contributed by atoms with E-state index in [0.717, 1.165) is 23.6 Å². The second kappa shape index (κ2) is 7.44. The Morgan fingerprint density at radius 1 is 1.42 bits per heavy atom. The van der Waals surface area contributed by atoms with E-state index in [1.54, 1.807) is 16.3 Å². The molecule has 24 heavy (non-hydrogen) atoms. The van der Waals surface area contributed by atoms with Crippen molar-refractivity contribution >= 4 is 29.5 Å². The fourth-order valence-corrected chi connectivity index (χ4v) is 4.63. The zero-order valence-electron chi connectivity index (χ0n) is 13.5. The third-order valence-corrected chi connectivity index (χ3v) is 6.17. The summed E-state index contributed by atoms with van der Waals surface area (Å²) < 4.78 is 6.47. The minimum absolute atomic E-state index is 0.0593. The van der Waals surface area contributed by atoms with E-state index in [1.807, 2.05) is 37.3 Å². The van der Waals surface area contributed by atoms with Crippen LogP contribution in [0.5, 0.6) is 0 Å². The van der Waals surface area contributed by atoms with Crippen molar-refractivity contribution in [2.75, 3.05) is 12.9 Å². The average Bonchev–Trinajstić information content (AvgIpc) is 3.08. The number of carbonyl (C=O) groups is 1. The van der Waals surface area contributed by atoms with Crippen LogP contribution in [0, 0.1) is 0 Å². The molecule has 7 heteroatoms. The van der Waals surface area contributed by atoms with Crippen LogP contribution in [0.25, 0.3) is 5.69 Å². The first-order chi connectivity index (χ1) is 11.7. The van der Waals surface area contributed by atoms with E-state index < -0.39 is 0 Å². The maximum atomic E-state index is 13.0. The van der Waals surface area contributed by atoms with Gasteiger partial charge in [-0.25, -0.2) is 4.98 Å². The quantitative estimate of drug-likeness (QED) is 0.463. The molecule has 0 N–H and O–H groups in total. The maximum absolute atomic E-state index is 13.0. The van der Waals surface area contributed by atoms with Crippen molar-refractivity contribution < 1.29 is 9.53 Å². The topological polar surface area (TPSA) is 61.2 Å². The van der Waals surface area contributed by atoms with Gasteiger partial charge < -0.3 is 4.74 Å². The molecular formula is C17H18N2O3S2. The van der Waals surface area contributed by atoms with Crippen molar-refractivity contribution in [2.24, 2.45) is 0 Å². The standard InChI is InChI=1S/C17H18N2O3S2/c1-3-13(16(21)22-2)24-17-18-12-9-10-23-14(12)15(20)19(17)11-7-5-4-6-8-11/h4-8,13H,3,9-10H2,1-2H3/t13-/m0/s1. The molecule has 0 aliphatic carbocycles. The molecule has 1 aromatic carbocycles. The SMILES string of the molecule is CC[C@H](Sc1nc2c(c(=O)n1-c1ccccc1)SCC2)C(=O)OC. The molecule has 0 bridgehead atoms. The number of methoxy groups -OCH3 is 1. The highest BCUT2D eigenvalue weighted by Crippen LogP contribution is 2.32. The number of aryl methyl sites for hydroxylation is 1. The van der Waals surface area contributed by atoms with Crippen LogP contribution in [0.2, 0.25) is 0 Å². The van der Waals surface area contributed by atoms with E-state index in [9.17, 15) is 9.59 Å². The lowest BCUT2D eigenvalue weighted by molar-refractivity contribution is -0.140. The molecule has 1 aliphatic heterocycles. The Hall–Kier alpha value is -1.73. The Labute approximate surface area is 148 Å². The molecule has 1 aliphatic rings. The van der Waals surface area contributed by atoms with Crippen LogP contribution in [0.3, 0.4) is 0 Å². The molecular weight excluding hydrogens is 344 g/mol. The number of esters is 1. The van der Waals surface area contributed by atoms with Gasteiger partial charge in [0.25, 0.3) is 5.56 Å². The molecule has 0 saturated heterocycles. The lowest BCUT2D eigenvalue weighted by atomic mass is 10.3. The van der Waals surface area contributed by atoms with Gasteiger partial charge in [0.05, 0.1) is 23.4 Å². The predicted molar refractivity (Wildman–Crippen MR) is 96.2 cm³/mol. The summed E-state index contributed by atoms with van der Waals surface area (Å²) in [4.78, 5) is 30.3. The first kappa shape index (κ1) is 17.1. The van der Waals surface area contributed by atoms with Gasteiger partial charge in [0, 0.05) is 12.2 Å². The van der Waals surface area contributed by atoms with Crippen molar-refractivity contribution in [3.8, 4) is 5.69 Å². The second-order valence-electron chi connectivity index (χ2n) is 5.28. The Morgan fingerprint density at radius 3 is 2.83 bits per heavy atom. The lowest BCUT2D eigenvalue weighted by Gasteiger charge is -2.17. The number of hydrogen-bond acceptors (Lipinski definition) is 6. The largest absolute Gasteiger partial charge is 0.468 e. The molecule has 2 aromatic rings. The number of aromatic nitrogens is 2. The zero-order chi connectivity index (χ0) is 17.1. The highest BCUT2D eigenvalue weighted by molar-refractivity contribution is 8.00. The molecule has 0 spiro atoms. The fraction of sp³-hybridized carbons (Fsp3) is 0.353. The average molecular weight is 362 g/mol. The van der Waals surface area contributed by atoms with Crippen LogP contribution >= 0.6 is 23.5 Å². The number of rotatable bonds is 5. The summed E-state index contributed by atoms with van der Waals surface area (Å²) in [5.74, 6) is 0.570. The van der Waals surface area contributed by atoms with Crippen molar-refractivity contribution in [3.05, 3.63) is 46.4 Å². The van der Waals surface area contributed by atoms with E-state index in [0.29, 0.717) is 16.5 Å². The third kappa shape index (κ3) is 3.23. The van der Waals surface area contributed by atoms with E-state index in [2.05, 4.69) is 0 Å². The smallest absolute Gasteiger partial charge is 0.319 e. The monoisotopic (exact) mass is 362 g/mol. The van der Waals surface area contributed by atoms with Gasteiger partial charge in [-0.2, -0.15) is 0 Å². The van der Waals surface area contributed by atoms with Gasteiger partial charge in [0.2, 0.25) is 0 Å². The molecule has 5 nitrogen and oxygen atoms in total. The predicted octanol–water partition coefficient (Wildman–Crippen LogP) is 2.92. The number of hydrogen-bond donors (Lipinski definition) is 0. The van der Waals surface area contributed by atoms with Gasteiger partial charge >= 0.3 is 5.97 Å². The van der Waals surface area contributed by atoms with Crippen LogP contribution in [0.4, 0.5) is 0 Å². The normalized spacial score (nSPS) is 14.2. The molecule has 0 fully saturated rings. The van der Waals surface area contributed by atoms with Gasteiger partial charge in [-0.15, -0.1) is 11.8 Å². The van der Waals surface area contributed by atoms with Crippen molar-refractivity contribution in [3.63, 3.8) is 0 Å². The summed E-state index contributed by atoms with van der Waals surface area (Å²) in [5, 5.41) is 0.161. The number of nitrogens with zero attached hydrogens (tertiary/aromatic N) is 2. The van der Waals surface area contributed by atoms with Gasteiger partial charge in [0.1, 0.15) is 5.25 Å². The first-order valence-electron chi connectivity index (χ1n) is 7.74. The minimum Gasteiger partial charge on any atom is -0.468 e. The van der Waals surface area contributed by atoms with Crippen LogP contribution in [0.15, 0.2) is 45.2 Å². The number of carbonyl (C=O) groups excluding carboxylic acids is 1. The molecule has 1 aromatic heterocycles. The number of fused-ring (bicyclic) bond motifs is 1. The number of ether oxygens (including phenoxy) is 1. The van der Waals surface area contributed by atoms with Gasteiger partial charge in [-0.05, 0) is 18.6 Å². The van der Waals surface area contributed by atoms with Crippen molar-refractivity contribution in [2.45, 2.75) is 35.1 Å². The van der Waals surface area contributed by atoms with E-state index in [4.69, 9.17) is 9.72 Å². The van der Waals surface area contributed by atoms with Gasteiger partial charge in [0.15, 0.2) is 5.16 Å². The molecule has 3 rings (SSSR count). The molecule has 0 unspecified atom stereocenters. The zero-order valence-corrected chi connectivity index (χ0v) is 15.2. The molecule has 0 saturated carbocycles. The fourth-order valence-electron chi connectivity index (χ4n) is 2.53. The van der Waals surface area contributed by atoms with Gasteiger partial charge in [-0.3, -0.25) is 14.2 Å². The maximum Gasteiger partial charge on any atom is 0.319 e. The summed E-state index contributed by atoms with van der Waals surface area (Å²) in [6, 6.07) is 9.42. The Balaban J connectivity index is 2.12. The van der Waals surface area contributed by atoms with E-state index in [1.165, 1.54) is 18.9 Å². The van der Waals surface area contributed by atoms with Gasteiger partial charge in [-0.1, -0.05) is 36.9 Å². The van der Waals surface area contributed by atoms with Crippen LogP contribution in [0.1, 0.15) is 19.0 Å². The highest BCUT2D eigenvalue weighted by atomic mass is 32.2. The van der Waals surface area contributed by atoms with Crippen molar-refractivity contribution in [1.29, 1.82) is 0 Å². The molecule has 2 heterocycles. The summed E-state index contributed by atoms with van der Waals surface area (Å²) in [5.41, 5.74) is 1.53. The van der Waals surface area contributed by atoms with Crippen LogP contribution < -0.4 is 5.56 Å². The lowest BCUT2D eigenvalue weighted by Crippen LogP contribution is -2.26. The first-order valence-corrected chi connectivity index (χ1v) is 9.60. The molecule has 0 amide bonds. The van der Waals surface area contributed by atoms with Crippen LogP contribution in [-0.4, -0.2) is 33.6 Å². The number of benzene rings is 1. The summed E-state index contributed by atoms with van der Waals surface area (Å²) in [6.45, 7) is 1.92. The minimum atomic E-state index is -0.385. The second-order valence-corrected chi connectivity index (χ2v) is 7.56. The highest BCUT2D eigenvalue weighted by Gasteiger charge is 2.26. The summed E-state index contributed by atoms with van der Waals surface area (Å²) >= 11 is 2.84.